The molecule has 0 aromatic heterocycles. The zero-order valence-corrected chi connectivity index (χ0v) is 17.8. The van der Waals surface area contributed by atoms with Crippen LogP contribution in [0, 0.1) is 5.82 Å². The lowest BCUT2D eigenvalue weighted by Crippen LogP contribution is -2.59. The molecule has 3 aromatic rings. The van der Waals surface area contributed by atoms with Gasteiger partial charge in [0.2, 0.25) is 0 Å². The highest BCUT2D eigenvalue weighted by atomic mass is 19.1. The van der Waals surface area contributed by atoms with E-state index in [-0.39, 0.29) is 24.0 Å². The second-order valence-corrected chi connectivity index (χ2v) is 8.64. The molecule has 7 heteroatoms. The van der Waals surface area contributed by atoms with Gasteiger partial charge in [-0.05, 0) is 28.8 Å². The molecule has 1 unspecified atom stereocenters. The number of halogens is 1. The summed E-state index contributed by atoms with van der Waals surface area (Å²) in [7, 11) is 0. The molecule has 2 saturated heterocycles. The van der Waals surface area contributed by atoms with Crippen LogP contribution < -0.4 is 5.32 Å². The second-order valence-electron chi connectivity index (χ2n) is 8.64. The largest absolute Gasteiger partial charge is 0.431 e. The lowest BCUT2D eigenvalue weighted by atomic mass is 9.83. The van der Waals surface area contributed by atoms with Crippen LogP contribution in [-0.2, 0) is 16.9 Å². The van der Waals surface area contributed by atoms with Gasteiger partial charge in [0.15, 0.2) is 5.60 Å². The first-order valence-corrected chi connectivity index (χ1v) is 11.0. The zero-order chi connectivity index (χ0) is 22.6. The van der Waals surface area contributed by atoms with Crippen LogP contribution in [0.2, 0.25) is 0 Å². The van der Waals surface area contributed by atoms with Crippen molar-refractivity contribution < 1.29 is 18.7 Å². The number of ether oxygens (including phenoxy) is 1. The molecule has 3 aromatic carbocycles. The average molecular weight is 443 g/mol. The molecule has 1 spiro atoms. The minimum Gasteiger partial charge on any atom is -0.431 e. The number of hydrogen-bond acceptors (Lipinski definition) is 3. The van der Waals surface area contributed by atoms with Gasteiger partial charge < -0.3 is 15.0 Å². The molecule has 1 aliphatic carbocycles. The van der Waals surface area contributed by atoms with Crippen LogP contribution in [0.1, 0.15) is 16.7 Å². The molecule has 0 bridgehead atoms. The summed E-state index contributed by atoms with van der Waals surface area (Å²) in [5, 5.41) is 2.92. The van der Waals surface area contributed by atoms with Gasteiger partial charge in [0.25, 0.3) is 0 Å². The molecule has 2 aliphatic heterocycles. The van der Waals surface area contributed by atoms with Crippen LogP contribution in [-0.4, -0.2) is 47.6 Å². The minimum absolute atomic E-state index is 0.215. The number of rotatable bonds is 2. The molecule has 3 amide bonds. The van der Waals surface area contributed by atoms with Crippen molar-refractivity contribution in [3.05, 3.63) is 95.3 Å². The van der Waals surface area contributed by atoms with E-state index in [1.54, 1.807) is 21.9 Å². The molecule has 6 rings (SSSR count). The van der Waals surface area contributed by atoms with E-state index in [0.29, 0.717) is 26.2 Å². The van der Waals surface area contributed by atoms with Crippen molar-refractivity contribution in [1.29, 1.82) is 0 Å². The Morgan fingerprint density at radius 3 is 2.27 bits per heavy atom. The second kappa shape index (κ2) is 7.33. The maximum Gasteiger partial charge on any atom is 0.411 e. The molecule has 2 fully saturated rings. The summed E-state index contributed by atoms with van der Waals surface area (Å²) in [5.74, 6) is -0.311. The summed E-state index contributed by atoms with van der Waals surface area (Å²) in [4.78, 5) is 29.4. The van der Waals surface area contributed by atoms with Crippen molar-refractivity contribution in [2.45, 2.75) is 18.2 Å². The van der Waals surface area contributed by atoms with Crippen molar-refractivity contribution >= 4 is 12.1 Å². The van der Waals surface area contributed by atoms with E-state index in [0.717, 1.165) is 27.8 Å². The highest BCUT2D eigenvalue weighted by Gasteiger charge is 2.61. The van der Waals surface area contributed by atoms with Crippen molar-refractivity contribution in [3.63, 3.8) is 0 Å². The first-order chi connectivity index (χ1) is 16.1. The molecule has 0 saturated carbocycles. The van der Waals surface area contributed by atoms with E-state index in [1.165, 1.54) is 12.1 Å². The van der Waals surface area contributed by atoms with Crippen molar-refractivity contribution in [3.8, 4) is 11.1 Å². The van der Waals surface area contributed by atoms with Gasteiger partial charge >= 0.3 is 12.1 Å². The number of hydrogen-bond donors (Lipinski definition) is 1. The topological polar surface area (TPSA) is 61.9 Å². The highest BCUT2D eigenvalue weighted by Crippen LogP contribution is 2.55. The maximum absolute atomic E-state index is 13.1. The predicted molar refractivity (Wildman–Crippen MR) is 120 cm³/mol. The third-order valence-corrected chi connectivity index (χ3v) is 6.92. The number of carbonyl (C=O) groups is 2. The van der Waals surface area contributed by atoms with Gasteiger partial charge in [0, 0.05) is 37.3 Å². The summed E-state index contributed by atoms with van der Waals surface area (Å²) < 4.78 is 19.3. The number of urea groups is 1. The van der Waals surface area contributed by atoms with E-state index in [9.17, 15) is 14.0 Å². The Balaban J connectivity index is 1.31. The number of fused-ring (bicyclic) bond motifs is 7. The fourth-order valence-electron chi connectivity index (χ4n) is 5.39. The SMILES string of the molecule is O=C(NCc1ccc(F)cc1)N1CCN2C(=O)OC3(c4ccccc4-c4ccccc43)C2C1. The third-order valence-electron chi connectivity index (χ3n) is 6.92. The third kappa shape index (κ3) is 2.92. The fraction of sp³-hybridized carbons (Fsp3) is 0.231. The summed E-state index contributed by atoms with van der Waals surface area (Å²) >= 11 is 0. The molecule has 2 heterocycles. The van der Waals surface area contributed by atoms with Gasteiger partial charge in [0.1, 0.15) is 11.9 Å². The molecule has 33 heavy (non-hydrogen) atoms. The number of nitrogens with zero attached hydrogens (tertiary/aromatic N) is 2. The Bertz CT molecular complexity index is 1210. The van der Waals surface area contributed by atoms with Gasteiger partial charge in [-0.1, -0.05) is 60.7 Å². The van der Waals surface area contributed by atoms with Gasteiger partial charge in [-0.15, -0.1) is 0 Å². The zero-order valence-electron chi connectivity index (χ0n) is 17.8. The van der Waals surface area contributed by atoms with Crippen LogP contribution in [0.4, 0.5) is 14.0 Å². The number of carbonyl (C=O) groups excluding carboxylic acids is 2. The molecule has 1 N–H and O–H groups in total. The molecule has 6 nitrogen and oxygen atoms in total. The van der Waals surface area contributed by atoms with Gasteiger partial charge in [0.05, 0.1) is 0 Å². The van der Waals surface area contributed by atoms with Crippen LogP contribution in [0.3, 0.4) is 0 Å². The van der Waals surface area contributed by atoms with Gasteiger partial charge in [-0.2, -0.15) is 0 Å². The molecule has 1 atom stereocenters. The summed E-state index contributed by atoms with van der Waals surface area (Å²) in [6, 6.07) is 21.5. The lowest BCUT2D eigenvalue weighted by Gasteiger charge is -2.41. The summed E-state index contributed by atoms with van der Waals surface area (Å²) in [6.45, 7) is 1.47. The quantitative estimate of drug-likeness (QED) is 0.649. The first-order valence-electron chi connectivity index (χ1n) is 11.0. The Morgan fingerprint density at radius 2 is 1.61 bits per heavy atom. The number of benzene rings is 3. The van der Waals surface area contributed by atoms with Crippen molar-refractivity contribution in [2.24, 2.45) is 0 Å². The summed E-state index contributed by atoms with van der Waals surface area (Å²) in [6.07, 6.45) is -0.349. The van der Waals surface area contributed by atoms with Crippen LogP contribution in [0.25, 0.3) is 11.1 Å². The molecule has 0 radical (unpaired) electrons. The maximum atomic E-state index is 13.1. The van der Waals surface area contributed by atoms with E-state index in [1.807, 2.05) is 36.4 Å². The standard InChI is InChI=1S/C26H22FN3O3/c27-18-11-9-17(10-12-18)15-28-24(31)29-13-14-30-23(16-29)26(33-25(30)32)21-7-3-1-5-19(21)20-6-2-4-8-22(20)26/h1-12,23H,13-16H2,(H,28,31). The van der Waals surface area contributed by atoms with Crippen molar-refractivity contribution in [1.82, 2.24) is 15.1 Å². The first kappa shape index (κ1) is 19.8. The monoisotopic (exact) mass is 443 g/mol. The Morgan fingerprint density at radius 1 is 0.970 bits per heavy atom. The predicted octanol–water partition coefficient (Wildman–Crippen LogP) is 4.10. The average Bonchev–Trinajstić information content (AvgIpc) is 3.31. The lowest BCUT2D eigenvalue weighted by molar-refractivity contribution is 0.0548. The number of amides is 3. The van der Waals surface area contributed by atoms with E-state index in [4.69, 9.17) is 4.74 Å². The van der Waals surface area contributed by atoms with E-state index < -0.39 is 5.60 Å². The van der Waals surface area contributed by atoms with Gasteiger partial charge in [-0.3, -0.25) is 4.90 Å². The fourth-order valence-corrected chi connectivity index (χ4v) is 5.39. The number of nitrogens with one attached hydrogen (secondary N) is 1. The molecular weight excluding hydrogens is 421 g/mol. The minimum atomic E-state index is -0.944. The molecular formula is C26H22FN3O3. The van der Waals surface area contributed by atoms with Crippen LogP contribution in [0.15, 0.2) is 72.8 Å². The van der Waals surface area contributed by atoms with Crippen molar-refractivity contribution in [2.75, 3.05) is 19.6 Å². The van der Waals surface area contributed by atoms with Crippen LogP contribution >= 0.6 is 0 Å². The molecule has 166 valence electrons. The number of piperazine rings is 1. The Labute approximate surface area is 190 Å². The highest BCUT2D eigenvalue weighted by molar-refractivity contribution is 5.85. The smallest absolute Gasteiger partial charge is 0.411 e. The molecule has 3 aliphatic rings. The van der Waals surface area contributed by atoms with Gasteiger partial charge in [-0.25, -0.2) is 14.0 Å². The van der Waals surface area contributed by atoms with Crippen LogP contribution in [0.5, 0.6) is 0 Å². The summed E-state index contributed by atoms with van der Waals surface area (Å²) in [5.41, 5.74) is 3.90. The van der Waals surface area contributed by atoms with E-state index >= 15 is 0 Å². The normalized spacial score (nSPS) is 19.7. The Kier molecular flexibility index (Phi) is 4.40. The van der Waals surface area contributed by atoms with E-state index in [2.05, 4.69) is 17.4 Å². The Hall–Kier alpha value is -3.87.